The smallest absolute Gasteiger partial charge is 0.320 e. The first-order valence-electron chi connectivity index (χ1n) is 13.7. The molecule has 0 spiro atoms. The molecule has 0 radical (unpaired) electrons. The number of carboxylic acids is 1. The van der Waals surface area contributed by atoms with Gasteiger partial charge in [-0.05, 0) is 89.5 Å². The minimum atomic E-state index is -1.05. The molecule has 0 aliphatic carbocycles. The van der Waals surface area contributed by atoms with Gasteiger partial charge in [-0.1, -0.05) is 24.6 Å². The van der Waals surface area contributed by atoms with Crippen molar-refractivity contribution in [2.75, 3.05) is 19.7 Å². The van der Waals surface area contributed by atoms with Gasteiger partial charge in [-0.2, -0.15) is 5.06 Å². The minimum absolute atomic E-state index is 0.201. The zero-order valence-electron chi connectivity index (χ0n) is 23.4. The van der Waals surface area contributed by atoms with E-state index in [-0.39, 0.29) is 18.9 Å². The molecule has 1 aromatic rings. The van der Waals surface area contributed by atoms with Crippen molar-refractivity contribution < 1.29 is 29.8 Å². The molecule has 5 N–H and O–H groups in total. The number of hydrogen-bond donors (Lipinski definition) is 4. The number of unbranched alkanes of at least 4 members (excludes halogenated alkanes) is 1. The Balaban J connectivity index is 1.73. The van der Waals surface area contributed by atoms with Crippen molar-refractivity contribution in [3.8, 4) is 0 Å². The van der Waals surface area contributed by atoms with E-state index in [1.807, 2.05) is 45.9 Å². The average Bonchev–Trinajstić information content (AvgIpc) is 3.40. The number of carbonyl (C=O) groups is 2. The van der Waals surface area contributed by atoms with Crippen LogP contribution in [0.1, 0.15) is 82.9 Å². The molecule has 0 saturated carbocycles. The third-order valence-corrected chi connectivity index (χ3v) is 8.16. The molecule has 3 atom stereocenters. The molecule has 2 heterocycles. The summed E-state index contributed by atoms with van der Waals surface area (Å²) in [5.74, 6) is -1.32. The first kappa shape index (κ1) is 30.7. The Kier molecular flexibility index (Phi) is 9.92. The lowest BCUT2D eigenvalue weighted by Gasteiger charge is -2.34. The predicted molar refractivity (Wildman–Crippen MR) is 143 cm³/mol. The fraction of sp³-hybridized carbons (Fsp3) is 0.704. The van der Waals surface area contributed by atoms with Gasteiger partial charge in [0.15, 0.2) is 0 Å². The Morgan fingerprint density at radius 3 is 2.51 bits per heavy atom. The molecule has 1 aromatic carbocycles. The van der Waals surface area contributed by atoms with Gasteiger partial charge in [0.05, 0.1) is 23.2 Å². The van der Waals surface area contributed by atoms with Gasteiger partial charge in [0.25, 0.3) is 5.09 Å². The number of hydroxylamine groups is 2. The number of carbonyl (C=O) groups excluding carboxylic acids is 1. The Hall–Kier alpha value is -2.80. The summed E-state index contributed by atoms with van der Waals surface area (Å²) in [6.45, 7) is 8.52. The van der Waals surface area contributed by atoms with Crippen LogP contribution in [0.15, 0.2) is 18.2 Å². The van der Waals surface area contributed by atoms with Crippen molar-refractivity contribution in [3.05, 3.63) is 45.0 Å². The number of benzene rings is 1. The number of carboxylic acid groups (broad SMARTS) is 1. The highest BCUT2D eigenvalue weighted by molar-refractivity contribution is 5.83. The molecular formula is C27H43N5O7. The zero-order chi connectivity index (χ0) is 29.0. The number of nitrogens with zero attached hydrogens (tertiary/aromatic N) is 3. The minimum Gasteiger partial charge on any atom is -0.480 e. The summed E-state index contributed by atoms with van der Waals surface area (Å²) in [5.41, 5.74) is 7.48. The van der Waals surface area contributed by atoms with Gasteiger partial charge in [-0.15, -0.1) is 10.1 Å². The SMILES string of the molecule is CC1(C)c2ccc(CC[C@H](N[C@@H](CCCCN)C(=O)N3CCC[C@H]3CO[N+](=O)[O-])C(=O)O)cc2C(C)(C)N1O. The molecule has 2 aliphatic rings. The highest BCUT2D eigenvalue weighted by Gasteiger charge is 2.48. The number of hydrogen-bond acceptors (Lipinski definition) is 9. The van der Waals surface area contributed by atoms with Crippen LogP contribution in [0.25, 0.3) is 0 Å². The van der Waals surface area contributed by atoms with Crippen molar-refractivity contribution in [3.63, 3.8) is 0 Å². The third-order valence-electron chi connectivity index (χ3n) is 8.16. The highest BCUT2D eigenvalue weighted by Crippen LogP contribution is 2.48. The van der Waals surface area contributed by atoms with Gasteiger partial charge in [0.1, 0.15) is 12.6 Å². The monoisotopic (exact) mass is 549 g/mol. The second-order valence-electron chi connectivity index (χ2n) is 11.6. The molecule has 2 aliphatic heterocycles. The number of aliphatic carboxylic acids is 1. The topological polar surface area (TPSA) is 172 Å². The van der Waals surface area contributed by atoms with E-state index in [4.69, 9.17) is 5.73 Å². The number of nitrogens with two attached hydrogens (primary N) is 1. The largest absolute Gasteiger partial charge is 0.480 e. The second kappa shape index (κ2) is 12.6. The fourth-order valence-corrected chi connectivity index (χ4v) is 5.96. The molecular weight excluding hydrogens is 506 g/mol. The van der Waals surface area contributed by atoms with E-state index in [1.54, 1.807) is 4.90 Å². The normalized spacial score (nSPS) is 21.4. The summed E-state index contributed by atoms with van der Waals surface area (Å²) in [6.07, 6.45) is 3.76. The summed E-state index contributed by atoms with van der Waals surface area (Å²) in [4.78, 5) is 42.5. The van der Waals surface area contributed by atoms with Crippen molar-refractivity contribution >= 4 is 11.9 Å². The molecule has 218 valence electrons. The molecule has 0 aromatic heterocycles. The Labute approximate surface area is 229 Å². The van der Waals surface area contributed by atoms with Crippen LogP contribution in [0.2, 0.25) is 0 Å². The number of fused-ring (bicyclic) bond motifs is 1. The van der Waals surface area contributed by atoms with E-state index in [2.05, 4.69) is 10.2 Å². The molecule has 0 unspecified atom stereocenters. The van der Waals surface area contributed by atoms with E-state index < -0.39 is 40.3 Å². The van der Waals surface area contributed by atoms with Gasteiger partial charge in [0.2, 0.25) is 5.91 Å². The molecule has 1 amide bonds. The molecule has 12 nitrogen and oxygen atoms in total. The van der Waals surface area contributed by atoms with Gasteiger partial charge in [0, 0.05) is 6.54 Å². The van der Waals surface area contributed by atoms with E-state index >= 15 is 0 Å². The van der Waals surface area contributed by atoms with E-state index in [0.717, 1.165) is 16.7 Å². The first-order chi connectivity index (χ1) is 18.3. The summed E-state index contributed by atoms with van der Waals surface area (Å²) in [6, 6.07) is 3.83. The Morgan fingerprint density at radius 2 is 1.87 bits per heavy atom. The number of amides is 1. The van der Waals surface area contributed by atoms with E-state index in [0.29, 0.717) is 51.6 Å². The number of nitrogens with one attached hydrogen (secondary N) is 1. The van der Waals surface area contributed by atoms with Gasteiger partial charge < -0.3 is 25.8 Å². The van der Waals surface area contributed by atoms with E-state index in [1.165, 1.54) is 5.06 Å². The van der Waals surface area contributed by atoms with Crippen LogP contribution in [-0.4, -0.2) is 75.1 Å². The van der Waals surface area contributed by atoms with Crippen molar-refractivity contribution in [1.29, 1.82) is 0 Å². The maximum absolute atomic E-state index is 13.5. The van der Waals surface area contributed by atoms with Crippen LogP contribution in [0, 0.1) is 10.1 Å². The summed E-state index contributed by atoms with van der Waals surface area (Å²) in [7, 11) is 0. The van der Waals surface area contributed by atoms with Crippen LogP contribution in [0.5, 0.6) is 0 Å². The van der Waals surface area contributed by atoms with Crippen molar-refractivity contribution in [2.24, 2.45) is 5.73 Å². The lowest BCUT2D eigenvalue weighted by atomic mass is 9.88. The lowest BCUT2D eigenvalue weighted by Crippen LogP contribution is -2.53. The second-order valence-corrected chi connectivity index (χ2v) is 11.6. The molecule has 0 bridgehead atoms. The maximum Gasteiger partial charge on any atom is 0.320 e. The van der Waals surface area contributed by atoms with Crippen LogP contribution >= 0.6 is 0 Å². The van der Waals surface area contributed by atoms with Crippen LogP contribution in [0.3, 0.4) is 0 Å². The van der Waals surface area contributed by atoms with Gasteiger partial charge >= 0.3 is 5.97 Å². The molecule has 12 heteroatoms. The van der Waals surface area contributed by atoms with Gasteiger partial charge in [-0.3, -0.25) is 14.9 Å². The molecule has 39 heavy (non-hydrogen) atoms. The van der Waals surface area contributed by atoms with Gasteiger partial charge in [-0.25, -0.2) is 0 Å². The van der Waals surface area contributed by atoms with E-state index in [9.17, 15) is 30.0 Å². The molecule has 1 saturated heterocycles. The fourth-order valence-electron chi connectivity index (χ4n) is 5.96. The zero-order valence-corrected chi connectivity index (χ0v) is 23.4. The lowest BCUT2D eigenvalue weighted by molar-refractivity contribution is -0.758. The molecule has 3 rings (SSSR count). The number of likely N-dealkylation sites (tertiary alicyclic amines) is 1. The third kappa shape index (κ3) is 6.86. The standard InChI is InChI=1S/C27H43N5O7/c1-26(2)20-12-10-18(16-21(20)27(3,4)31(26)36)11-13-23(25(34)35)29-22(9-5-6-14-28)24(33)30-15-7-8-19(30)17-39-32(37)38/h10,12,16,19,22-23,29,36H,5-9,11,13-15,17,28H2,1-4H3,(H,34,35)/t19-,22-,23-/m0/s1. The average molecular weight is 550 g/mol. The predicted octanol–water partition coefficient (Wildman–Crippen LogP) is 2.53. The maximum atomic E-state index is 13.5. The molecule has 1 fully saturated rings. The van der Waals surface area contributed by atoms with Crippen LogP contribution in [-0.2, 0) is 31.9 Å². The Morgan fingerprint density at radius 1 is 1.18 bits per heavy atom. The number of rotatable bonds is 14. The van der Waals surface area contributed by atoms with Crippen molar-refractivity contribution in [1.82, 2.24) is 15.3 Å². The summed E-state index contributed by atoms with van der Waals surface area (Å²) >= 11 is 0. The quantitative estimate of drug-likeness (QED) is 0.153. The highest BCUT2D eigenvalue weighted by atomic mass is 16.9. The Bertz CT molecular complexity index is 1050. The van der Waals surface area contributed by atoms with Crippen LogP contribution in [0.4, 0.5) is 0 Å². The van der Waals surface area contributed by atoms with Crippen LogP contribution < -0.4 is 11.1 Å². The summed E-state index contributed by atoms with van der Waals surface area (Å²) in [5, 5.41) is 35.0. The number of aryl methyl sites for hydroxylation is 1. The summed E-state index contributed by atoms with van der Waals surface area (Å²) < 4.78 is 0. The first-order valence-corrected chi connectivity index (χ1v) is 13.7. The van der Waals surface area contributed by atoms with Crippen molar-refractivity contribution in [2.45, 2.75) is 102 Å².